The number of methoxy groups -OCH3 is 2. The Kier molecular flexibility index (Phi) is 9.05. The van der Waals surface area contributed by atoms with E-state index in [0.717, 1.165) is 45.9 Å². The van der Waals surface area contributed by atoms with E-state index in [4.69, 9.17) is 9.47 Å². The third-order valence-electron chi connectivity index (χ3n) is 3.24. The Labute approximate surface area is 127 Å². The van der Waals surface area contributed by atoms with Gasteiger partial charge in [0, 0.05) is 50.2 Å². The van der Waals surface area contributed by atoms with Gasteiger partial charge < -0.3 is 14.8 Å². The van der Waals surface area contributed by atoms with Crippen molar-refractivity contribution in [2.75, 3.05) is 47.1 Å². The van der Waals surface area contributed by atoms with Crippen molar-refractivity contribution in [2.45, 2.75) is 26.9 Å². The molecule has 20 heavy (non-hydrogen) atoms. The average Bonchev–Trinajstić information content (AvgIpc) is 2.79. The number of thiophene rings is 1. The summed E-state index contributed by atoms with van der Waals surface area (Å²) in [5.41, 5.74) is 1.43. The van der Waals surface area contributed by atoms with Gasteiger partial charge in [0.15, 0.2) is 0 Å². The summed E-state index contributed by atoms with van der Waals surface area (Å²) in [7, 11) is 3.50. The molecule has 0 spiro atoms. The van der Waals surface area contributed by atoms with Gasteiger partial charge in [0.1, 0.15) is 0 Å². The number of nitrogens with one attached hydrogen (secondary N) is 1. The summed E-state index contributed by atoms with van der Waals surface area (Å²) in [6.45, 7) is 10.7. The number of hydrogen-bond acceptors (Lipinski definition) is 5. The first kappa shape index (κ1) is 17.6. The van der Waals surface area contributed by atoms with E-state index in [2.05, 4.69) is 30.1 Å². The van der Waals surface area contributed by atoms with Gasteiger partial charge in [-0.2, -0.15) is 0 Å². The molecule has 0 aromatic carbocycles. The van der Waals surface area contributed by atoms with Gasteiger partial charge in [0.05, 0.1) is 13.2 Å². The Morgan fingerprint density at radius 3 is 2.40 bits per heavy atom. The molecule has 0 aliphatic heterocycles. The quantitative estimate of drug-likeness (QED) is 0.680. The molecule has 0 amide bonds. The summed E-state index contributed by atoms with van der Waals surface area (Å²) in [5, 5.41) is 3.38. The third kappa shape index (κ3) is 6.33. The number of hydrogen-bond donors (Lipinski definition) is 1. The minimum atomic E-state index is 0.761. The molecule has 0 aliphatic carbocycles. The van der Waals surface area contributed by atoms with Crippen LogP contribution < -0.4 is 5.32 Å². The van der Waals surface area contributed by atoms with Crippen LogP contribution in [0.15, 0.2) is 6.07 Å². The SMILES string of the molecule is CCNCc1cc(CN(CCOC)CCOC)c(C)s1. The number of nitrogens with zero attached hydrogens (tertiary/aromatic N) is 1. The Hall–Kier alpha value is -0.460. The van der Waals surface area contributed by atoms with Crippen molar-refractivity contribution in [2.24, 2.45) is 0 Å². The average molecular weight is 300 g/mol. The Morgan fingerprint density at radius 2 is 1.85 bits per heavy atom. The van der Waals surface area contributed by atoms with E-state index in [1.54, 1.807) is 14.2 Å². The van der Waals surface area contributed by atoms with E-state index in [1.807, 2.05) is 11.3 Å². The van der Waals surface area contributed by atoms with Crippen LogP contribution in [0.3, 0.4) is 0 Å². The van der Waals surface area contributed by atoms with Gasteiger partial charge in [0.2, 0.25) is 0 Å². The maximum atomic E-state index is 5.19. The smallest absolute Gasteiger partial charge is 0.0589 e. The highest BCUT2D eigenvalue weighted by molar-refractivity contribution is 7.12. The summed E-state index contributed by atoms with van der Waals surface area (Å²) in [4.78, 5) is 5.22. The fraction of sp³-hybridized carbons (Fsp3) is 0.733. The van der Waals surface area contributed by atoms with Crippen molar-refractivity contribution in [3.8, 4) is 0 Å². The van der Waals surface area contributed by atoms with Crippen molar-refractivity contribution in [3.63, 3.8) is 0 Å². The monoisotopic (exact) mass is 300 g/mol. The Balaban J connectivity index is 2.58. The van der Waals surface area contributed by atoms with Gasteiger partial charge in [-0.05, 0) is 25.1 Å². The summed E-state index contributed by atoms with van der Waals surface area (Å²) in [6.07, 6.45) is 0. The van der Waals surface area contributed by atoms with Crippen LogP contribution in [0, 0.1) is 6.92 Å². The molecule has 1 rings (SSSR count). The van der Waals surface area contributed by atoms with Crippen molar-refractivity contribution in [3.05, 3.63) is 21.4 Å². The van der Waals surface area contributed by atoms with E-state index in [1.165, 1.54) is 15.3 Å². The van der Waals surface area contributed by atoms with Gasteiger partial charge in [-0.1, -0.05) is 6.92 Å². The summed E-state index contributed by atoms with van der Waals surface area (Å²) >= 11 is 1.89. The van der Waals surface area contributed by atoms with Crippen LogP contribution in [0.5, 0.6) is 0 Å². The molecule has 0 radical (unpaired) electrons. The summed E-state index contributed by atoms with van der Waals surface area (Å²) < 4.78 is 10.4. The number of aryl methyl sites for hydroxylation is 1. The fourth-order valence-electron chi connectivity index (χ4n) is 2.03. The second-order valence-electron chi connectivity index (χ2n) is 4.84. The highest BCUT2D eigenvalue weighted by atomic mass is 32.1. The highest BCUT2D eigenvalue weighted by Crippen LogP contribution is 2.22. The molecule has 0 atom stereocenters. The molecule has 116 valence electrons. The number of rotatable bonds is 11. The van der Waals surface area contributed by atoms with Gasteiger partial charge in [-0.15, -0.1) is 11.3 Å². The fourth-order valence-corrected chi connectivity index (χ4v) is 3.05. The zero-order valence-corrected chi connectivity index (χ0v) is 14.0. The molecule has 0 saturated heterocycles. The maximum Gasteiger partial charge on any atom is 0.0589 e. The standard InChI is InChI=1S/C15H28N2O2S/c1-5-16-11-15-10-14(13(2)20-15)12-17(6-8-18-3)7-9-19-4/h10,16H,5-9,11-12H2,1-4H3. The van der Waals surface area contributed by atoms with E-state index < -0.39 is 0 Å². The van der Waals surface area contributed by atoms with Crippen LogP contribution in [-0.4, -0.2) is 52.0 Å². The van der Waals surface area contributed by atoms with Crippen molar-refractivity contribution >= 4 is 11.3 Å². The highest BCUT2D eigenvalue weighted by Gasteiger charge is 2.10. The lowest BCUT2D eigenvalue weighted by atomic mass is 10.2. The molecular formula is C15H28N2O2S. The first-order chi connectivity index (χ1) is 9.71. The van der Waals surface area contributed by atoms with Crippen molar-refractivity contribution in [1.82, 2.24) is 10.2 Å². The first-order valence-corrected chi connectivity index (χ1v) is 8.02. The molecule has 1 aromatic rings. The lowest BCUT2D eigenvalue weighted by Crippen LogP contribution is -2.30. The second-order valence-corrected chi connectivity index (χ2v) is 6.18. The minimum Gasteiger partial charge on any atom is -0.383 e. The van der Waals surface area contributed by atoms with E-state index >= 15 is 0 Å². The maximum absolute atomic E-state index is 5.19. The lowest BCUT2D eigenvalue weighted by molar-refractivity contribution is 0.110. The zero-order valence-electron chi connectivity index (χ0n) is 13.2. The van der Waals surface area contributed by atoms with E-state index in [-0.39, 0.29) is 0 Å². The van der Waals surface area contributed by atoms with E-state index in [0.29, 0.717) is 0 Å². The normalized spacial score (nSPS) is 11.4. The third-order valence-corrected chi connectivity index (χ3v) is 4.33. The molecule has 0 saturated carbocycles. The molecule has 0 unspecified atom stereocenters. The molecule has 1 heterocycles. The predicted molar refractivity (Wildman–Crippen MR) is 85.5 cm³/mol. The van der Waals surface area contributed by atoms with Crippen LogP contribution in [0.1, 0.15) is 22.2 Å². The van der Waals surface area contributed by atoms with Crippen molar-refractivity contribution in [1.29, 1.82) is 0 Å². The molecule has 0 fully saturated rings. The topological polar surface area (TPSA) is 33.7 Å². The molecule has 0 aliphatic rings. The number of ether oxygens (including phenoxy) is 2. The molecule has 1 aromatic heterocycles. The van der Waals surface area contributed by atoms with Gasteiger partial charge >= 0.3 is 0 Å². The molecular weight excluding hydrogens is 272 g/mol. The molecule has 5 heteroatoms. The van der Waals surface area contributed by atoms with Crippen LogP contribution in [0.2, 0.25) is 0 Å². The van der Waals surface area contributed by atoms with Gasteiger partial charge in [-0.3, -0.25) is 4.90 Å². The van der Waals surface area contributed by atoms with Crippen LogP contribution in [0.4, 0.5) is 0 Å². The summed E-state index contributed by atoms with van der Waals surface area (Å²) in [5.74, 6) is 0. The minimum absolute atomic E-state index is 0.761. The van der Waals surface area contributed by atoms with Gasteiger partial charge in [-0.25, -0.2) is 0 Å². The van der Waals surface area contributed by atoms with Gasteiger partial charge in [0.25, 0.3) is 0 Å². The molecule has 1 N–H and O–H groups in total. The zero-order chi connectivity index (χ0) is 14.8. The molecule has 4 nitrogen and oxygen atoms in total. The van der Waals surface area contributed by atoms with Crippen LogP contribution in [-0.2, 0) is 22.6 Å². The molecule has 0 bridgehead atoms. The Bertz CT molecular complexity index is 361. The predicted octanol–water partition coefficient (Wildman–Crippen LogP) is 2.26. The first-order valence-electron chi connectivity index (χ1n) is 7.20. The largest absolute Gasteiger partial charge is 0.383 e. The second kappa shape index (κ2) is 10.3. The van der Waals surface area contributed by atoms with Crippen LogP contribution in [0.25, 0.3) is 0 Å². The Morgan fingerprint density at radius 1 is 1.20 bits per heavy atom. The lowest BCUT2D eigenvalue weighted by Gasteiger charge is -2.21. The summed E-state index contributed by atoms with van der Waals surface area (Å²) in [6, 6.07) is 2.33. The van der Waals surface area contributed by atoms with Crippen molar-refractivity contribution < 1.29 is 9.47 Å². The van der Waals surface area contributed by atoms with Crippen LogP contribution >= 0.6 is 11.3 Å². The van der Waals surface area contributed by atoms with E-state index in [9.17, 15) is 0 Å².